The molecule has 2 unspecified atom stereocenters. The lowest BCUT2D eigenvalue weighted by Crippen LogP contribution is -2.43. The van der Waals surface area contributed by atoms with Crippen molar-refractivity contribution in [1.29, 1.82) is 0 Å². The van der Waals surface area contributed by atoms with Gasteiger partial charge in [-0.3, -0.25) is 14.4 Å². The zero-order chi connectivity index (χ0) is 14.4. The van der Waals surface area contributed by atoms with E-state index in [0.717, 1.165) is 6.42 Å². The molecule has 6 heteroatoms. The van der Waals surface area contributed by atoms with Crippen LogP contribution in [0, 0.1) is 11.8 Å². The van der Waals surface area contributed by atoms with E-state index in [0.29, 0.717) is 25.3 Å². The van der Waals surface area contributed by atoms with Crippen LogP contribution in [0.2, 0.25) is 0 Å². The third-order valence-corrected chi connectivity index (χ3v) is 3.14. The first-order chi connectivity index (χ1) is 8.88. The molecule has 1 saturated heterocycles. The zero-order valence-corrected chi connectivity index (χ0v) is 11.4. The molecule has 1 fully saturated rings. The van der Waals surface area contributed by atoms with Crippen LogP contribution in [0.4, 0.5) is 0 Å². The van der Waals surface area contributed by atoms with E-state index in [2.05, 4.69) is 10.6 Å². The lowest BCUT2D eigenvalue weighted by molar-refractivity contribution is -0.138. The maximum atomic E-state index is 11.8. The van der Waals surface area contributed by atoms with Crippen LogP contribution in [0.15, 0.2) is 0 Å². The van der Waals surface area contributed by atoms with Crippen LogP contribution >= 0.6 is 0 Å². The number of hydrogen-bond donors (Lipinski definition) is 3. The fourth-order valence-electron chi connectivity index (χ4n) is 2.33. The number of amides is 2. The minimum Gasteiger partial charge on any atom is -0.481 e. The van der Waals surface area contributed by atoms with Crippen LogP contribution in [0.3, 0.4) is 0 Å². The Morgan fingerprint density at radius 3 is 2.63 bits per heavy atom. The Kier molecular flexibility index (Phi) is 5.79. The number of carbonyl (C=O) groups excluding carboxylic acids is 2. The summed E-state index contributed by atoms with van der Waals surface area (Å²) in [7, 11) is 0. The fourth-order valence-corrected chi connectivity index (χ4v) is 2.33. The summed E-state index contributed by atoms with van der Waals surface area (Å²) in [6.45, 7) is 4.39. The van der Waals surface area contributed by atoms with Crippen LogP contribution in [0.25, 0.3) is 0 Å². The van der Waals surface area contributed by atoms with Crippen molar-refractivity contribution >= 4 is 17.8 Å². The standard InChI is InChI=1S/C13H22N2O4/c1-8(2)5-9(6-12(17)18)7-14-13(19)10-3-4-11(16)15-10/h8-10H,3-7H2,1-2H3,(H,14,19)(H,15,16)(H,17,18). The summed E-state index contributed by atoms with van der Waals surface area (Å²) in [6.07, 6.45) is 1.69. The Hall–Kier alpha value is -1.59. The lowest BCUT2D eigenvalue weighted by Gasteiger charge is -2.19. The highest BCUT2D eigenvalue weighted by atomic mass is 16.4. The van der Waals surface area contributed by atoms with Gasteiger partial charge in [-0.15, -0.1) is 0 Å². The summed E-state index contributed by atoms with van der Waals surface area (Å²) in [5.74, 6) is -0.866. The Morgan fingerprint density at radius 2 is 2.16 bits per heavy atom. The van der Waals surface area contributed by atoms with E-state index in [4.69, 9.17) is 5.11 Å². The third kappa shape index (κ3) is 5.72. The summed E-state index contributed by atoms with van der Waals surface area (Å²) in [4.78, 5) is 33.6. The molecule has 1 aliphatic heterocycles. The molecule has 108 valence electrons. The number of rotatable bonds is 7. The van der Waals surface area contributed by atoms with E-state index in [1.54, 1.807) is 0 Å². The SMILES string of the molecule is CC(C)CC(CNC(=O)C1CCC(=O)N1)CC(=O)O. The predicted molar refractivity (Wildman–Crippen MR) is 69.4 cm³/mol. The fraction of sp³-hybridized carbons (Fsp3) is 0.769. The molecule has 3 N–H and O–H groups in total. The van der Waals surface area contributed by atoms with Gasteiger partial charge < -0.3 is 15.7 Å². The van der Waals surface area contributed by atoms with Gasteiger partial charge in [-0.05, 0) is 24.7 Å². The average molecular weight is 270 g/mol. The minimum absolute atomic E-state index is 0.0511. The van der Waals surface area contributed by atoms with E-state index in [-0.39, 0.29) is 24.2 Å². The Morgan fingerprint density at radius 1 is 1.47 bits per heavy atom. The summed E-state index contributed by atoms with van der Waals surface area (Å²) in [5, 5.41) is 14.2. The molecule has 0 aromatic heterocycles. The van der Waals surface area contributed by atoms with Crippen molar-refractivity contribution in [3.63, 3.8) is 0 Å². The lowest BCUT2D eigenvalue weighted by atomic mass is 9.94. The predicted octanol–water partition coefficient (Wildman–Crippen LogP) is 0.518. The van der Waals surface area contributed by atoms with Gasteiger partial charge in [0.05, 0.1) is 0 Å². The van der Waals surface area contributed by atoms with Crippen LogP contribution in [-0.4, -0.2) is 35.5 Å². The van der Waals surface area contributed by atoms with Gasteiger partial charge >= 0.3 is 5.97 Å². The highest BCUT2D eigenvalue weighted by molar-refractivity contribution is 5.90. The topological polar surface area (TPSA) is 95.5 Å². The van der Waals surface area contributed by atoms with Crippen molar-refractivity contribution in [2.75, 3.05) is 6.54 Å². The maximum absolute atomic E-state index is 11.8. The molecule has 19 heavy (non-hydrogen) atoms. The van der Waals surface area contributed by atoms with Gasteiger partial charge in [0.1, 0.15) is 6.04 Å². The van der Waals surface area contributed by atoms with Gasteiger partial charge in [0.2, 0.25) is 11.8 Å². The third-order valence-electron chi connectivity index (χ3n) is 3.14. The highest BCUT2D eigenvalue weighted by Crippen LogP contribution is 2.15. The van der Waals surface area contributed by atoms with E-state index >= 15 is 0 Å². The molecule has 0 aromatic carbocycles. The Labute approximate surface area is 112 Å². The van der Waals surface area contributed by atoms with Gasteiger partial charge in [0.25, 0.3) is 0 Å². The molecule has 1 aliphatic rings. The second kappa shape index (κ2) is 7.11. The van der Waals surface area contributed by atoms with Gasteiger partial charge in [0.15, 0.2) is 0 Å². The molecule has 1 heterocycles. The molecule has 2 atom stereocenters. The quantitative estimate of drug-likeness (QED) is 0.628. The number of carboxylic acid groups (broad SMARTS) is 1. The molecule has 2 amide bonds. The van der Waals surface area contributed by atoms with E-state index in [1.807, 2.05) is 13.8 Å². The van der Waals surface area contributed by atoms with Crippen LogP contribution in [0.1, 0.15) is 39.5 Å². The molecule has 0 bridgehead atoms. The number of carboxylic acids is 1. The summed E-state index contributed by atoms with van der Waals surface area (Å²) >= 11 is 0. The molecule has 0 spiro atoms. The van der Waals surface area contributed by atoms with E-state index in [9.17, 15) is 14.4 Å². The number of hydrogen-bond acceptors (Lipinski definition) is 3. The summed E-state index contributed by atoms with van der Waals surface area (Å²) in [6, 6.07) is -0.461. The van der Waals surface area contributed by atoms with Crippen molar-refractivity contribution in [2.45, 2.75) is 45.6 Å². The highest BCUT2D eigenvalue weighted by Gasteiger charge is 2.27. The molecule has 0 aliphatic carbocycles. The van der Waals surface area contributed by atoms with Crippen LogP contribution in [-0.2, 0) is 14.4 Å². The molecule has 0 radical (unpaired) electrons. The first-order valence-electron chi connectivity index (χ1n) is 6.67. The maximum Gasteiger partial charge on any atom is 0.303 e. The molecule has 0 aromatic rings. The largest absolute Gasteiger partial charge is 0.481 e. The smallest absolute Gasteiger partial charge is 0.303 e. The molecular formula is C13H22N2O4. The van der Waals surface area contributed by atoms with Gasteiger partial charge in [-0.1, -0.05) is 13.8 Å². The first-order valence-corrected chi connectivity index (χ1v) is 6.67. The van der Waals surface area contributed by atoms with Crippen molar-refractivity contribution in [3.8, 4) is 0 Å². The Balaban J connectivity index is 2.39. The number of aliphatic carboxylic acids is 1. The normalized spacial score (nSPS) is 20.2. The van der Waals surface area contributed by atoms with Crippen molar-refractivity contribution in [2.24, 2.45) is 11.8 Å². The summed E-state index contributed by atoms with van der Waals surface area (Å²) < 4.78 is 0. The number of nitrogens with one attached hydrogen (secondary N) is 2. The average Bonchev–Trinajstić information content (AvgIpc) is 2.71. The molecule has 0 saturated carbocycles. The van der Waals surface area contributed by atoms with Gasteiger partial charge in [-0.2, -0.15) is 0 Å². The van der Waals surface area contributed by atoms with Gasteiger partial charge in [-0.25, -0.2) is 0 Å². The zero-order valence-electron chi connectivity index (χ0n) is 11.4. The second-order valence-corrected chi connectivity index (χ2v) is 5.50. The van der Waals surface area contributed by atoms with Crippen molar-refractivity contribution in [3.05, 3.63) is 0 Å². The van der Waals surface area contributed by atoms with Crippen LogP contribution < -0.4 is 10.6 Å². The molecule has 6 nitrogen and oxygen atoms in total. The monoisotopic (exact) mass is 270 g/mol. The van der Waals surface area contributed by atoms with Gasteiger partial charge in [0, 0.05) is 19.4 Å². The van der Waals surface area contributed by atoms with E-state index in [1.165, 1.54) is 0 Å². The minimum atomic E-state index is -0.853. The van der Waals surface area contributed by atoms with Crippen molar-refractivity contribution < 1.29 is 19.5 Å². The van der Waals surface area contributed by atoms with Crippen molar-refractivity contribution in [1.82, 2.24) is 10.6 Å². The van der Waals surface area contributed by atoms with E-state index < -0.39 is 12.0 Å². The number of carbonyl (C=O) groups is 3. The second-order valence-electron chi connectivity index (χ2n) is 5.50. The summed E-state index contributed by atoms with van der Waals surface area (Å²) in [5.41, 5.74) is 0. The first kappa shape index (κ1) is 15.5. The molecular weight excluding hydrogens is 248 g/mol. The molecule has 1 rings (SSSR count). The Bertz CT molecular complexity index is 355. The van der Waals surface area contributed by atoms with Crippen LogP contribution in [0.5, 0.6) is 0 Å².